The maximum atomic E-state index is 13.3. The van der Waals surface area contributed by atoms with Gasteiger partial charge < -0.3 is 4.90 Å². The highest BCUT2D eigenvalue weighted by Gasteiger charge is 2.53. The number of carbonyl (C=O) groups excluding carboxylic acids is 3. The smallest absolute Gasteiger partial charge is 0.338 e. The molecule has 4 amide bonds. The van der Waals surface area contributed by atoms with Crippen molar-refractivity contribution in [3.05, 3.63) is 64.7 Å². The van der Waals surface area contributed by atoms with Crippen LogP contribution in [0.1, 0.15) is 46.8 Å². The van der Waals surface area contributed by atoms with Crippen LogP contribution in [0.2, 0.25) is 0 Å². The van der Waals surface area contributed by atoms with Gasteiger partial charge in [0.2, 0.25) is 5.91 Å². The average molecular weight is 527 g/mol. The van der Waals surface area contributed by atoms with Crippen LogP contribution in [-0.4, -0.2) is 52.8 Å². The second-order valence-electron chi connectivity index (χ2n) is 9.32. The predicted octanol–water partition coefficient (Wildman–Crippen LogP) is 5.50. The number of piperidine rings is 1. The van der Waals surface area contributed by atoms with E-state index in [0.717, 1.165) is 10.5 Å². The molecule has 12 heteroatoms. The van der Waals surface area contributed by atoms with E-state index in [1.54, 1.807) is 31.2 Å². The van der Waals surface area contributed by atoms with Gasteiger partial charge in [0, 0.05) is 31.3 Å². The number of halogens is 6. The Morgan fingerprint density at radius 1 is 0.892 bits per heavy atom. The molecule has 0 bridgehead atoms. The quantitative estimate of drug-likeness (QED) is 0.485. The van der Waals surface area contributed by atoms with Crippen LogP contribution in [-0.2, 0) is 17.1 Å². The van der Waals surface area contributed by atoms with Gasteiger partial charge >= 0.3 is 18.4 Å². The Kier molecular flexibility index (Phi) is 6.49. The van der Waals surface area contributed by atoms with Crippen molar-refractivity contribution < 1.29 is 40.7 Å². The second-order valence-corrected chi connectivity index (χ2v) is 9.32. The highest BCUT2D eigenvalue weighted by Crippen LogP contribution is 2.42. The van der Waals surface area contributed by atoms with Gasteiger partial charge in [-0.05, 0) is 49.6 Å². The third-order valence-corrected chi connectivity index (χ3v) is 6.90. The highest BCUT2D eigenvalue weighted by atomic mass is 19.4. The van der Waals surface area contributed by atoms with E-state index in [1.165, 1.54) is 16.7 Å². The summed E-state index contributed by atoms with van der Waals surface area (Å²) < 4.78 is 79.5. The Hall–Kier alpha value is -3.57. The van der Waals surface area contributed by atoms with E-state index in [2.05, 4.69) is 0 Å². The summed E-state index contributed by atoms with van der Waals surface area (Å²) in [7, 11) is 0. The lowest BCUT2D eigenvalue weighted by Gasteiger charge is -2.44. The molecule has 2 fully saturated rings. The third kappa shape index (κ3) is 4.88. The lowest BCUT2D eigenvalue weighted by Crippen LogP contribution is -2.56. The Morgan fingerprint density at radius 3 is 1.92 bits per heavy atom. The summed E-state index contributed by atoms with van der Waals surface area (Å²) >= 11 is 0. The molecule has 2 aliphatic rings. The first kappa shape index (κ1) is 26.5. The Balaban J connectivity index is 1.64. The van der Waals surface area contributed by atoms with Crippen LogP contribution < -0.4 is 4.90 Å². The van der Waals surface area contributed by atoms with Crippen LogP contribution in [0.3, 0.4) is 0 Å². The molecule has 6 nitrogen and oxygen atoms in total. The molecule has 4 rings (SSSR count). The number of likely N-dealkylation sites (tertiary alicyclic amines) is 1. The molecule has 0 N–H and O–H groups in total. The van der Waals surface area contributed by atoms with E-state index in [-0.39, 0.29) is 38.5 Å². The van der Waals surface area contributed by atoms with E-state index in [4.69, 9.17) is 0 Å². The number of hydrogen-bond acceptors (Lipinski definition) is 3. The molecule has 2 aromatic carbocycles. The number of imide groups is 1. The number of urea groups is 1. The minimum Gasteiger partial charge on any atom is -0.338 e. The summed E-state index contributed by atoms with van der Waals surface area (Å²) in [6.07, 6.45) is -9.80. The number of nitrogens with zero attached hydrogens (tertiary/aromatic N) is 3. The van der Waals surface area contributed by atoms with E-state index >= 15 is 0 Å². The molecule has 2 heterocycles. The maximum Gasteiger partial charge on any atom is 0.416 e. The van der Waals surface area contributed by atoms with E-state index in [1.807, 2.05) is 0 Å². The fourth-order valence-electron chi connectivity index (χ4n) is 4.94. The molecule has 0 atom stereocenters. The number of para-hydroxylation sites is 1. The van der Waals surface area contributed by atoms with Crippen molar-refractivity contribution in [1.82, 2.24) is 9.80 Å². The second kappa shape index (κ2) is 9.07. The van der Waals surface area contributed by atoms with Gasteiger partial charge in [-0.1, -0.05) is 18.2 Å². The zero-order valence-corrected chi connectivity index (χ0v) is 19.9. The molecule has 0 aliphatic carbocycles. The van der Waals surface area contributed by atoms with Crippen molar-refractivity contribution in [3.63, 3.8) is 0 Å². The summed E-state index contributed by atoms with van der Waals surface area (Å²) in [5.74, 6) is -1.43. The lowest BCUT2D eigenvalue weighted by atomic mass is 9.85. The van der Waals surface area contributed by atoms with E-state index < -0.39 is 52.4 Å². The fourth-order valence-corrected chi connectivity index (χ4v) is 4.94. The van der Waals surface area contributed by atoms with Crippen LogP contribution in [0.25, 0.3) is 0 Å². The molecule has 2 aliphatic heterocycles. The van der Waals surface area contributed by atoms with Gasteiger partial charge in [-0.15, -0.1) is 0 Å². The van der Waals surface area contributed by atoms with Crippen LogP contribution in [0.4, 0.5) is 36.8 Å². The van der Waals surface area contributed by atoms with Crippen LogP contribution in [0.15, 0.2) is 42.5 Å². The van der Waals surface area contributed by atoms with Gasteiger partial charge in [0.1, 0.15) is 0 Å². The normalized spacial score (nSPS) is 18.1. The minimum absolute atomic E-state index is 0.0253. The highest BCUT2D eigenvalue weighted by molar-refractivity contribution is 6.06. The minimum atomic E-state index is -5.07. The zero-order chi connectivity index (χ0) is 27.3. The first-order valence-corrected chi connectivity index (χ1v) is 11.4. The zero-order valence-electron chi connectivity index (χ0n) is 19.9. The van der Waals surface area contributed by atoms with E-state index in [9.17, 15) is 40.7 Å². The number of benzene rings is 2. The van der Waals surface area contributed by atoms with Gasteiger partial charge in [-0.3, -0.25) is 19.4 Å². The fraction of sp³-hybridized carbons (Fsp3) is 0.400. The summed E-state index contributed by atoms with van der Waals surface area (Å²) in [6, 6.07) is 7.35. The largest absolute Gasteiger partial charge is 0.416 e. The first-order chi connectivity index (χ1) is 17.1. The average Bonchev–Trinajstić information content (AvgIpc) is 3.10. The van der Waals surface area contributed by atoms with E-state index in [0.29, 0.717) is 17.8 Å². The monoisotopic (exact) mass is 527 g/mol. The summed E-state index contributed by atoms with van der Waals surface area (Å²) in [5.41, 5.74) is -3.36. The van der Waals surface area contributed by atoms with Crippen LogP contribution >= 0.6 is 0 Å². The standard InChI is InChI=1S/C25H23F6N3O3/c1-15-5-3-4-6-20(15)34-22(37)33(16(2)35)14-23(34)7-9-32(10-8-23)21(36)17-11-18(24(26,27)28)13-19(12-17)25(29,30)31/h3-6,11-13H,7-10,14H2,1-2H3. The van der Waals surface area contributed by atoms with Gasteiger partial charge in [0.15, 0.2) is 0 Å². The number of rotatable bonds is 2. The van der Waals surface area contributed by atoms with Gasteiger partial charge in [-0.2, -0.15) is 26.3 Å². The topological polar surface area (TPSA) is 60.9 Å². The Labute approximate surface area is 208 Å². The van der Waals surface area contributed by atoms with Crippen molar-refractivity contribution in [2.24, 2.45) is 0 Å². The number of carbonyl (C=O) groups is 3. The molecule has 2 aromatic rings. The molecular weight excluding hydrogens is 504 g/mol. The Bertz CT molecular complexity index is 1220. The molecule has 37 heavy (non-hydrogen) atoms. The molecule has 1 spiro atoms. The lowest BCUT2D eigenvalue weighted by molar-refractivity contribution is -0.143. The molecule has 0 aromatic heterocycles. The Morgan fingerprint density at radius 2 is 1.43 bits per heavy atom. The number of aryl methyl sites for hydroxylation is 1. The summed E-state index contributed by atoms with van der Waals surface area (Å²) in [5, 5.41) is 0. The van der Waals surface area contributed by atoms with Crippen LogP contribution in [0, 0.1) is 6.92 Å². The molecule has 2 saturated heterocycles. The summed E-state index contributed by atoms with van der Waals surface area (Å²) in [6.45, 7) is 3.06. The molecule has 0 saturated carbocycles. The molecular formula is C25H23F6N3O3. The van der Waals surface area contributed by atoms with Gasteiger partial charge in [0.05, 0.1) is 23.2 Å². The molecule has 0 unspecified atom stereocenters. The van der Waals surface area contributed by atoms with Crippen molar-refractivity contribution in [1.29, 1.82) is 0 Å². The van der Waals surface area contributed by atoms with Crippen molar-refractivity contribution in [2.45, 2.75) is 44.6 Å². The SMILES string of the molecule is CC(=O)N1CC2(CCN(C(=O)c3cc(C(F)(F)F)cc(C(F)(F)F)c3)CC2)N(c2ccccc2C)C1=O. The number of hydrogen-bond donors (Lipinski definition) is 0. The third-order valence-electron chi connectivity index (χ3n) is 6.90. The molecule has 198 valence electrons. The first-order valence-electron chi connectivity index (χ1n) is 11.4. The number of amides is 4. The number of alkyl halides is 6. The van der Waals surface area contributed by atoms with Crippen molar-refractivity contribution >= 4 is 23.5 Å². The van der Waals surface area contributed by atoms with Crippen molar-refractivity contribution in [3.8, 4) is 0 Å². The predicted molar refractivity (Wildman–Crippen MR) is 121 cm³/mol. The summed E-state index contributed by atoms with van der Waals surface area (Å²) in [4.78, 5) is 42.2. The molecule has 0 radical (unpaired) electrons. The van der Waals surface area contributed by atoms with Gasteiger partial charge in [0.25, 0.3) is 5.91 Å². The van der Waals surface area contributed by atoms with Crippen molar-refractivity contribution in [2.75, 3.05) is 24.5 Å². The van der Waals surface area contributed by atoms with Crippen LogP contribution in [0.5, 0.6) is 0 Å². The maximum absolute atomic E-state index is 13.3. The van der Waals surface area contributed by atoms with Gasteiger partial charge in [-0.25, -0.2) is 4.79 Å². The number of anilines is 1.